The quantitative estimate of drug-likeness (QED) is 0.499. The van der Waals surface area contributed by atoms with Crippen LogP contribution in [0.3, 0.4) is 0 Å². The molecule has 1 atom stereocenters. The first kappa shape index (κ1) is 21.6. The van der Waals surface area contributed by atoms with E-state index in [-0.39, 0.29) is 17.1 Å². The van der Waals surface area contributed by atoms with Crippen LogP contribution in [0.1, 0.15) is 34.1 Å². The number of rotatable bonds is 5. The van der Waals surface area contributed by atoms with Crippen molar-refractivity contribution in [3.8, 4) is 0 Å². The highest BCUT2D eigenvalue weighted by atomic mass is 79.9. The maximum atomic E-state index is 13.5. The number of benzene rings is 2. The van der Waals surface area contributed by atoms with Crippen LogP contribution in [-0.4, -0.2) is 55.1 Å². The molecule has 0 saturated carbocycles. The van der Waals surface area contributed by atoms with Crippen molar-refractivity contribution in [2.45, 2.75) is 12.5 Å². The Morgan fingerprint density at radius 2 is 1.88 bits per heavy atom. The van der Waals surface area contributed by atoms with Crippen LogP contribution in [0, 0.1) is 0 Å². The summed E-state index contributed by atoms with van der Waals surface area (Å²) >= 11 is 9.69. The number of halogens is 2. The second kappa shape index (κ2) is 8.98. The monoisotopic (exact) mass is 516 g/mol. The molecule has 0 bridgehead atoms. The number of morpholine rings is 1. The lowest BCUT2D eigenvalue weighted by Gasteiger charge is -2.29. The van der Waals surface area contributed by atoms with Gasteiger partial charge in [0.25, 0.3) is 5.91 Å². The lowest BCUT2D eigenvalue weighted by Crippen LogP contribution is -2.38. The fourth-order valence-electron chi connectivity index (χ4n) is 4.54. The van der Waals surface area contributed by atoms with Crippen LogP contribution < -0.4 is 5.43 Å². The molecule has 166 valence electrons. The van der Waals surface area contributed by atoms with E-state index < -0.39 is 6.04 Å². The highest BCUT2D eigenvalue weighted by Gasteiger charge is 2.42. The van der Waals surface area contributed by atoms with Crippen LogP contribution >= 0.6 is 27.5 Å². The van der Waals surface area contributed by atoms with E-state index in [1.807, 2.05) is 18.2 Å². The van der Waals surface area contributed by atoms with Crippen LogP contribution in [0.15, 0.2) is 56.1 Å². The van der Waals surface area contributed by atoms with Gasteiger partial charge in [0, 0.05) is 35.7 Å². The zero-order valence-electron chi connectivity index (χ0n) is 17.4. The summed E-state index contributed by atoms with van der Waals surface area (Å²) < 4.78 is 12.2. The molecule has 2 aliphatic heterocycles. The summed E-state index contributed by atoms with van der Waals surface area (Å²) in [6, 6.07) is 12.1. The Bertz CT molecular complexity index is 1240. The van der Waals surface area contributed by atoms with Gasteiger partial charge in [-0.3, -0.25) is 14.5 Å². The first-order valence-corrected chi connectivity index (χ1v) is 11.8. The number of hydrogen-bond acceptors (Lipinski definition) is 5. The molecule has 32 heavy (non-hydrogen) atoms. The molecule has 3 heterocycles. The van der Waals surface area contributed by atoms with Crippen LogP contribution in [-0.2, 0) is 4.74 Å². The van der Waals surface area contributed by atoms with Crippen molar-refractivity contribution in [1.29, 1.82) is 0 Å². The van der Waals surface area contributed by atoms with Crippen molar-refractivity contribution >= 4 is 44.4 Å². The third kappa shape index (κ3) is 3.99. The number of ether oxygens (including phenoxy) is 1. The lowest BCUT2D eigenvalue weighted by atomic mass is 9.98. The van der Waals surface area contributed by atoms with E-state index in [0.717, 1.165) is 49.3 Å². The van der Waals surface area contributed by atoms with Crippen LogP contribution in [0.4, 0.5) is 0 Å². The van der Waals surface area contributed by atoms with E-state index in [9.17, 15) is 9.59 Å². The van der Waals surface area contributed by atoms with E-state index in [4.69, 9.17) is 20.8 Å². The van der Waals surface area contributed by atoms with Gasteiger partial charge in [-0.2, -0.15) is 0 Å². The summed E-state index contributed by atoms with van der Waals surface area (Å²) in [5.41, 5.74) is 1.41. The molecule has 0 N–H and O–H groups in total. The summed E-state index contributed by atoms with van der Waals surface area (Å²) in [6.07, 6.45) is 0.788. The Hall–Kier alpha value is -2.19. The number of fused-ring (bicyclic) bond motifs is 2. The average Bonchev–Trinajstić information content (AvgIpc) is 3.07. The van der Waals surface area contributed by atoms with E-state index in [2.05, 4.69) is 20.8 Å². The summed E-state index contributed by atoms with van der Waals surface area (Å²) in [5, 5.41) is 1.01. The standard InChI is InChI=1S/C24H22BrClN2O4/c25-16-5-6-19-18(14-16)22(29)20-21(15-3-1-4-17(26)13-15)28(24(30)23(20)32-19)8-2-7-27-9-11-31-12-10-27/h1,3-6,13-14,21H,2,7-12H2. The van der Waals surface area contributed by atoms with Gasteiger partial charge in [-0.25, -0.2) is 0 Å². The zero-order valence-corrected chi connectivity index (χ0v) is 19.7. The highest BCUT2D eigenvalue weighted by Crippen LogP contribution is 2.39. The molecule has 1 aromatic heterocycles. The fraction of sp³-hybridized carbons (Fsp3) is 0.333. The molecule has 5 rings (SSSR count). The van der Waals surface area contributed by atoms with Crippen molar-refractivity contribution < 1.29 is 13.9 Å². The number of amides is 1. The molecule has 8 heteroatoms. The molecule has 2 aliphatic rings. The first-order valence-electron chi connectivity index (χ1n) is 10.7. The molecule has 6 nitrogen and oxygen atoms in total. The zero-order chi connectivity index (χ0) is 22.2. The number of carbonyl (C=O) groups excluding carboxylic acids is 1. The van der Waals surface area contributed by atoms with E-state index in [0.29, 0.717) is 28.1 Å². The minimum absolute atomic E-state index is 0.126. The normalized spacial score (nSPS) is 19.0. The van der Waals surface area contributed by atoms with Gasteiger partial charge >= 0.3 is 0 Å². The van der Waals surface area contributed by atoms with E-state index in [1.165, 1.54) is 0 Å². The molecule has 1 fully saturated rings. The maximum Gasteiger partial charge on any atom is 0.290 e. The lowest BCUT2D eigenvalue weighted by molar-refractivity contribution is 0.0353. The largest absolute Gasteiger partial charge is 0.450 e. The third-order valence-electron chi connectivity index (χ3n) is 6.07. The van der Waals surface area contributed by atoms with Crippen molar-refractivity contribution in [2.24, 2.45) is 0 Å². The summed E-state index contributed by atoms with van der Waals surface area (Å²) in [4.78, 5) is 31.0. The molecule has 0 aliphatic carbocycles. The molecular weight excluding hydrogens is 496 g/mol. The van der Waals surface area contributed by atoms with Gasteiger partial charge in [-0.1, -0.05) is 39.7 Å². The fourth-order valence-corrected chi connectivity index (χ4v) is 5.10. The van der Waals surface area contributed by atoms with E-state index >= 15 is 0 Å². The van der Waals surface area contributed by atoms with Gasteiger partial charge in [-0.15, -0.1) is 0 Å². The summed E-state index contributed by atoms with van der Waals surface area (Å²) in [7, 11) is 0. The Balaban J connectivity index is 1.54. The van der Waals surface area contributed by atoms with Crippen molar-refractivity contribution in [3.63, 3.8) is 0 Å². The SMILES string of the molecule is O=C1c2oc3ccc(Br)cc3c(=O)c2C(c2cccc(Cl)c2)N1CCCN1CCOCC1. The molecular formula is C24H22BrClN2O4. The molecule has 1 saturated heterocycles. The van der Waals surface area contributed by atoms with Crippen LogP contribution in [0.2, 0.25) is 5.02 Å². The first-order chi connectivity index (χ1) is 15.5. The second-order valence-electron chi connectivity index (χ2n) is 8.08. The van der Waals surface area contributed by atoms with Crippen LogP contribution in [0.25, 0.3) is 11.0 Å². The van der Waals surface area contributed by atoms with Gasteiger partial charge in [0.05, 0.1) is 30.2 Å². The van der Waals surface area contributed by atoms with Crippen LogP contribution in [0.5, 0.6) is 0 Å². The van der Waals surface area contributed by atoms with Gasteiger partial charge in [-0.05, 0) is 42.3 Å². The van der Waals surface area contributed by atoms with Gasteiger partial charge in [0.1, 0.15) is 5.58 Å². The van der Waals surface area contributed by atoms with Crippen molar-refractivity contribution in [1.82, 2.24) is 9.80 Å². The Labute approximate surface area is 198 Å². The molecule has 3 aromatic rings. The predicted octanol–water partition coefficient (Wildman–Crippen LogP) is 4.48. The van der Waals surface area contributed by atoms with Crippen molar-refractivity contribution in [2.75, 3.05) is 39.4 Å². The van der Waals surface area contributed by atoms with Gasteiger partial charge < -0.3 is 14.1 Å². The summed E-state index contributed by atoms with van der Waals surface area (Å²) in [5.74, 6) is -0.130. The average molecular weight is 518 g/mol. The predicted molar refractivity (Wildman–Crippen MR) is 126 cm³/mol. The molecule has 1 amide bonds. The topological polar surface area (TPSA) is 63.0 Å². The number of hydrogen-bond donors (Lipinski definition) is 0. The van der Waals surface area contributed by atoms with Gasteiger partial charge in [0.2, 0.25) is 5.76 Å². The maximum absolute atomic E-state index is 13.5. The molecule has 1 unspecified atom stereocenters. The second-order valence-corrected chi connectivity index (χ2v) is 9.43. The Kier molecular flexibility index (Phi) is 6.07. The third-order valence-corrected chi connectivity index (χ3v) is 6.80. The highest BCUT2D eigenvalue weighted by molar-refractivity contribution is 9.10. The molecule has 0 radical (unpaired) electrons. The Morgan fingerprint density at radius 1 is 1.06 bits per heavy atom. The molecule has 2 aromatic carbocycles. The van der Waals surface area contributed by atoms with E-state index in [1.54, 1.807) is 29.2 Å². The molecule has 0 spiro atoms. The minimum Gasteiger partial charge on any atom is -0.450 e. The number of nitrogens with zero attached hydrogens (tertiary/aromatic N) is 2. The minimum atomic E-state index is -0.527. The number of carbonyl (C=O) groups is 1. The van der Waals surface area contributed by atoms with Gasteiger partial charge in [0.15, 0.2) is 5.43 Å². The summed E-state index contributed by atoms with van der Waals surface area (Å²) in [6.45, 7) is 4.64. The smallest absolute Gasteiger partial charge is 0.290 e. The van der Waals surface area contributed by atoms with Crippen molar-refractivity contribution in [3.05, 3.63) is 79.1 Å². The Morgan fingerprint density at radius 3 is 2.66 bits per heavy atom.